The zero-order valence-corrected chi connectivity index (χ0v) is 15.9. The molecule has 25 heavy (non-hydrogen) atoms. The zero-order chi connectivity index (χ0) is 19.7. The SMILES string of the molecule is CCC(C)C.CCC(C)OCCOc1ccccc1.O=C(O)C(=O)O. The molecule has 1 atom stereocenters. The van der Waals surface area contributed by atoms with Crippen LogP contribution in [0.3, 0.4) is 0 Å². The van der Waals surface area contributed by atoms with Crippen molar-refractivity contribution in [3.8, 4) is 5.75 Å². The Balaban J connectivity index is 0. The van der Waals surface area contributed by atoms with Crippen molar-refractivity contribution in [2.24, 2.45) is 5.92 Å². The second-order valence-electron chi connectivity index (χ2n) is 5.66. The predicted molar refractivity (Wildman–Crippen MR) is 98.0 cm³/mol. The summed E-state index contributed by atoms with van der Waals surface area (Å²) in [5.74, 6) is -1.86. The minimum Gasteiger partial charge on any atom is -0.491 e. The van der Waals surface area contributed by atoms with Crippen molar-refractivity contribution in [3.05, 3.63) is 30.3 Å². The number of hydrogen-bond donors (Lipinski definition) is 2. The molecule has 6 nitrogen and oxygen atoms in total. The Kier molecular flexibility index (Phi) is 16.9. The fraction of sp³-hybridized carbons (Fsp3) is 0.579. The van der Waals surface area contributed by atoms with Gasteiger partial charge in [0.25, 0.3) is 0 Å². The molecule has 1 aromatic carbocycles. The summed E-state index contributed by atoms with van der Waals surface area (Å²) in [6.07, 6.45) is 2.68. The quantitative estimate of drug-likeness (QED) is 0.564. The van der Waals surface area contributed by atoms with E-state index in [-0.39, 0.29) is 0 Å². The van der Waals surface area contributed by atoms with Gasteiger partial charge in [0.1, 0.15) is 12.4 Å². The molecule has 1 unspecified atom stereocenters. The number of carbonyl (C=O) groups is 2. The van der Waals surface area contributed by atoms with Gasteiger partial charge in [-0.25, -0.2) is 9.59 Å². The second kappa shape index (κ2) is 16.8. The maximum Gasteiger partial charge on any atom is 0.414 e. The maximum absolute atomic E-state index is 9.10. The molecule has 1 rings (SSSR count). The smallest absolute Gasteiger partial charge is 0.414 e. The van der Waals surface area contributed by atoms with Gasteiger partial charge in [0.2, 0.25) is 0 Å². The number of hydrogen-bond acceptors (Lipinski definition) is 4. The van der Waals surface area contributed by atoms with Crippen molar-refractivity contribution in [2.45, 2.75) is 53.6 Å². The number of carboxylic acid groups (broad SMARTS) is 2. The first-order chi connectivity index (χ1) is 11.7. The van der Waals surface area contributed by atoms with Crippen molar-refractivity contribution in [3.63, 3.8) is 0 Å². The van der Waals surface area contributed by atoms with Gasteiger partial charge in [-0.3, -0.25) is 0 Å². The third kappa shape index (κ3) is 19.9. The second-order valence-corrected chi connectivity index (χ2v) is 5.66. The number of ether oxygens (including phenoxy) is 2. The fourth-order valence-corrected chi connectivity index (χ4v) is 1.04. The highest BCUT2D eigenvalue weighted by atomic mass is 16.5. The lowest BCUT2D eigenvalue weighted by Gasteiger charge is -2.11. The van der Waals surface area contributed by atoms with Crippen LogP contribution in [0.4, 0.5) is 0 Å². The highest BCUT2D eigenvalue weighted by Gasteiger charge is 2.04. The molecule has 0 aromatic heterocycles. The normalized spacial score (nSPS) is 10.6. The van der Waals surface area contributed by atoms with Crippen molar-refractivity contribution in [2.75, 3.05) is 13.2 Å². The molecule has 1 aromatic rings. The Morgan fingerprint density at radius 2 is 1.40 bits per heavy atom. The van der Waals surface area contributed by atoms with Crippen LogP contribution < -0.4 is 4.74 Å². The van der Waals surface area contributed by atoms with E-state index in [0.717, 1.165) is 18.1 Å². The monoisotopic (exact) mass is 356 g/mol. The Labute approximate surface area is 150 Å². The van der Waals surface area contributed by atoms with Crippen molar-refractivity contribution in [1.29, 1.82) is 0 Å². The van der Waals surface area contributed by atoms with Gasteiger partial charge < -0.3 is 19.7 Å². The lowest BCUT2D eigenvalue weighted by molar-refractivity contribution is -0.159. The molecule has 0 aliphatic rings. The molecule has 0 heterocycles. The van der Waals surface area contributed by atoms with Crippen LogP contribution in [0, 0.1) is 5.92 Å². The van der Waals surface area contributed by atoms with E-state index in [9.17, 15) is 0 Å². The van der Waals surface area contributed by atoms with E-state index in [1.165, 1.54) is 6.42 Å². The fourth-order valence-electron chi connectivity index (χ4n) is 1.04. The first-order valence-corrected chi connectivity index (χ1v) is 8.50. The maximum atomic E-state index is 9.10. The van der Waals surface area contributed by atoms with Crippen LogP contribution >= 0.6 is 0 Å². The lowest BCUT2D eigenvalue weighted by Crippen LogP contribution is -2.13. The molecule has 0 saturated heterocycles. The van der Waals surface area contributed by atoms with Crippen molar-refractivity contribution >= 4 is 11.9 Å². The van der Waals surface area contributed by atoms with Gasteiger partial charge >= 0.3 is 11.9 Å². The van der Waals surface area contributed by atoms with E-state index in [1.54, 1.807) is 0 Å². The number of carboxylic acids is 2. The molecule has 0 aliphatic carbocycles. The highest BCUT2D eigenvalue weighted by Crippen LogP contribution is 2.07. The van der Waals surface area contributed by atoms with Crippen LogP contribution in [-0.4, -0.2) is 41.5 Å². The summed E-state index contributed by atoms with van der Waals surface area (Å²) in [7, 11) is 0. The minimum absolute atomic E-state index is 0.328. The molecule has 0 aliphatic heterocycles. The Morgan fingerprint density at radius 1 is 0.920 bits per heavy atom. The van der Waals surface area contributed by atoms with Crippen LogP contribution in [0.2, 0.25) is 0 Å². The molecule has 0 spiro atoms. The Bertz CT molecular complexity index is 432. The molecule has 144 valence electrons. The van der Waals surface area contributed by atoms with E-state index in [4.69, 9.17) is 29.3 Å². The first-order valence-electron chi connectivity index (χ1n) is 8.50. The lowest BCUT2D eigenvalue weighted by atomic mass is 10.2. The Morgan fingerprint density at radius 3 is 1.76 bits per heavy atom. The van der Waals surface area contributed by atoms with Crippen LogP contribution in [0.5, 0.6) is 5.75 Å². The van der Waals surface area contributed by atoms with Gasteiger partial charge in [0.05, 0.1) is 12.7 Å². The predicted octanol–water partition coefficient (Wildman–Crippen LogP) is 4.09. The van der Waals surface area contributed by atoms with Crippen molar-refractivity contribution in [1.82, 2.24) is 0 Å². The summed E-state index contributed by atoms with van der Waals surface area (Å²) in [5, 5.41) is 14.8. The minimum atomic E-state index is -1.82. The van der Waals surface area contributed by atoms with Gasteiger partial charge in [0, 0.05) is 0 Å². The van der Waals surface area contributed by atoms with E-state index >= 15 is 0 Å². The van der Waals surface area contributed by atoms with Crippen molar-refractivity contribution < 1.29 is 29.3 Å². The molecule has 2 N–H and O–H groups in total. The Hall–Kier alpha value is -2.08. The third-order valence-corrected chi connectivity index (χ3v) is 3.07. The van der Waals surface area contributed by atoms with Crippen LogP contribution in [0.25, 0.3) is 0 Å². The molecule has 0 bridgehead atoms. The highest BCUT2D eigenvalue weighted by molar-refractivity contribution is 6.27. The number of benzene rings is 1. The molecule has 0 fully saturated rings. The molecular weight excluding hydrogens is 324 g/mol. The largest absolute Gasteiger partial charge is 0.491 e. The molecular formula is C19H32O6. The number of aliphatic carboxylic acids is 2. The molecule has 0 saturated carbocycles. The van der Waals surface area contributed by atoms with Crippen LogP contribution in [-0.2, 0) is 14.3 Å². The zero-order valence-electron chi connectivity index (χ0n) is 15.9. The summed E-state index contributed by atoms with van der Waals surface area (Å²) >= 11 is 0. The molecule has 6 heteroatoms. The third-order valence-electron chi connectivity index (χ3n) is 3.07. The van der Waals surface area contributed by atoms with E-state index in [1.807, 2.05) is 30.3 Å². The van der Waals surface area contributed by atoms with Gasteiger partial charge in [0.15, 0.2) is 0 Å². The van der Waals surface area contributed by atoms with Crippen LogP contribution in [0.15, 0.2) is 30.3 Å². The molecule has 0 amide bonds. The summed E-state index contributed by atoms with van der Waals surface area (Å²) in [5.41, 5.74) is 0. The summed E-state index contributed by atoms with van der Waals surface area (Å²) in [6, 6.07) is 9.80. The summed E-state index contributed by atoms with van der Waals surface area (Å²) in [4.78, 5) is 18.2. The van der Waals surface area contributed by atoms with Gasteiger partial charge in [-0.05, 0) is 31.4 Å². The van der Waals surface area contributed by atoms with Gasteiger partial charge in [-0.1, -0.05) is 52.3 Å². The van der Waals surface area contributed by atoms with Crippen LogP contribution in [0.1, 0.15) is 47.5 Å². The van der Waals surface area contributed by atoms with E-state index < -0.39 is 11.9 Å². The van der Waals surface area contributed by atoms with Gasteiger partial charge in [-0.2, -0.15) is 0 Å². The van der Waals surface area contributed by atoms with E-state index in [0.29, 0.717) is 19.3 Å². The van der Waals surface area contributed by atoms with Gasteiger partial charge in [-0.15, -0.1) is 0 Å². The van der Waals surface area contributed by atoms with E-state index in [2.05, 4.69) is 34.6 Å². The standard InChI is InChI=1S/C12H18O2.C5H12.C2H2O4/c1-3-11(2)13-9-10-14-12-7-5-4-6-8-12;1-4-5(2)3;3-1(4)2(5)6/h4-8,11H,3,9-10H2,1-2H3;5H,4H2,1-3H3;(H,3,4)(H,5,6). The molecule has 0 radical (unpaired) electrons. The number of rotatable bonds is 7. The topological polar surface area (TPSA) is 93.1 Å². The first kappa shape index (κ1) is 25.2. The number of para-hydroxylation sites is 1. The average Bonchev–Trinajstić information content (AvgIpc) is 2.60. The summed E-state index contributed by atoms with van der Waals surface area (Å²) < 4.78 is 11.0. The summed E-state index contributed by atoms with van der Waals surface area (Å²) in [6.45, 7) is 12.1. The average molecular weight is 356 g/mol.